The monoisotopic (exact) mass is 127 g/mol. The largest absolute Gasteiger partial charge is 0.503 e. The Balaban J connectivity index is 2.90. The minimum Gasteiger partial charge on any atom is -0.256 e. The average molecular weight is 127 g/mol. The fraction of sp³-hybridized carbons (Fsp3) is 0.250. The van der Waals surface area contributed by atoms with Gasteiger partial charge in [0, 0.05) is 0 Å². The summed E-state index contributed by atoms with van der Waals surface area (Å²) in [5, 5.41) is 2.85. The van der Waals surface area contributed by atoms with Crippen molar-refractivity contribution in [2.24, 2.45) is 0 Å². The van der Waals surface area contributed by atoms with Crippen LogP contribution in [0.25, 0.3) is 0 Å². The highest BCUT2D eigenvalue weighted by molar-refractivity contribution is 6.46. The molecule has 1 rings (SSSR count). The molecule has 0 N–H and O–H groups in total. The standard InChI is InChI=1S/C4H3N2O3/c1-6-3(8)2(7)5-4(6)9/h1H3/q+1. The van der Waals surface area contributed by atoms with Crippen molar-refractivity contribution in [2.45, 2.75) is 0 Å². The Morgan fingerprint density at radius 3 is 2.00 bits per heavy atom. The van der Waals surface area contributed by atoms with E-state index in [2.05, 4.69) is 5.32 Å². The van der Waals surface area contributed by atoms with E-state index in [1.54, 1.807) is 0 Å². The van der Waals surface area contributed by atoms with Gasteiger partial charge in [0.1, 0.15) is 7.05 Å². The Labute approximate surface area is 50.6 Å². The molecule has 5 nitrogen and oxygen atoms in total. The van der Waals surface area contributed by atoms with Crippen molar-refractivity contribution in [1.29, 1.82) is 0 Å². The van der Waals surface area contributed by atoms with Crippen LogP contribution in [-0.4, -0.2) is 24.9 Å². The van der Waals surface area contributed by atoms with Crippen LogP contribution in [0.3, 0.4) is 0 Å². The van der Waals surface area contributed by atoms with Crippen molar-refractivity contribution in [2.75, 3.05) is 7.05 Å². The lowest BCUT2D eigenvalue weighted by molar-refractivity contribution is -0.137. The van der Waals surface area contributed by atoms with E-state index in [0.29, 0.717) is 4.90 Å². The van der Waals surface area contributed by atoms with E-state index >= 15 is 0 Å². The molecule has 1 aliphatic rings. The topological polar surface area (TPSA) is 71.2 Å². The average Bonchev–Trinajstić information content (AvgIpc) is 1.98. The molecule has 1 aliphatic heterocycles. The smallest absolute Gasteiger partial charge is 0.256 e. The molecule has 1 saturated heterocycles. The van der Waals surface area contributed by atoms with Crippen molar-refractivity contribution in [1.82, 2.24) is 10.2 Å². The third-order valence-corrected chi connectivity index (χ3v) is 0.972. The Morgan fingerprint density at radius 1 is 1.33 bits per heavy atom. The maximum Gasteiger partial charge on any atom is 0.503 e. The number of imide groups is 2. The Bertz CT molecular complexity index is 198. The van der Waals surface area contributed by atoms with Gasteiger partial charge in [-0.15, -0.1) is 5.32 Å². The number of rotatable bonds is 0. The first-order valence-corrected chi connectivity index (χ1v) is 2.20. The summed E-state index contributed by atoms with van der Waals surface area (Å²) in [7, 11) is 1.21. The van der Waals surface area contributed by atoms with Gasteiger partial charge in [-0.05, 0) is 4.90 Å². The maximum absolute atomic E-state index is 10.4. The number of likely N-dealkylation sites (N-methyl/N-ethyl adjacent to an activating group) is 1. The summed E-state index contributed by atoms with van der Waals surface area (Å²) in [5.74, 6) is -1.84. The molecule has 0 aliphatic carbocycles. The van der Waals surface area contributed by atoms with Crippen molar-refractivity contribution in [3.8, 4) is 0 Å². The lowest BCUT2D eigenvalue weighted by atomic mass is 10.6. The van der Waals surface area contributed by atoms with Crippen molar-refractivity contribution >= 4 is 17.8 Å². The predicted octanol–water partition coefficient (Wildman–Crippen LogP) is -1.45. The van der Waals surface area contributed by atoms with Crippen LogP contribution in [-0.2, 0) is 9.59 Å². The summed E-state index contributed by atoms with van der Waals surface area (Å²) in [6, 6.07) is -0.787. The number of hydrogen-bond acceptors (Lipinski definition) is 3. The molecule has 0 bridgehead atoms. The molecule has 0 spiro atoms. The lowest BCUT2D eigenvalue weighted by Gasteiger charge is -1.78. The molecule has 5 heteroatoms. The van der Waals surface area contributed by atoms with Crippen molar-refractivity contribution in [3.05, 3.63) is 0 Å². The molecule has 1 heterocycles. The number of carbonyl (C=O) groups excluding carboxylic acids is 3. The molecule has 0 aromatic carbocycles. The van der Waals surface area contributed by atoms with Crippen molar-refractivity contribution in [3.63, 3.8) is 0 Å². The second-order valence-corrected chi connectivity index (χ2v) is 1.56. The normalized spacial score (nSPS) is 20.8. The zero-order valence-corrected chi connectivity index (χ0v) is 4.62. The van der Waals surface area contributed by atoms with Gasteiger partial charge in [-0.2, -0.15) is 4.79 Å². The molecule has 0 aromatic rings. The van der Waals surface area contributed by atoms with E-state index in [1.807, 2.05) is 0 Å². The predicted molar refractivity (Wildman–Crippen MR) is 25.6 cm³/mol. The SMILES string of the molecule is C[N+]1C(=O)[N]C(=O)C1=O. The summed E-state index contributed by atoms with van der Waals surface area (Å²) in [6.45, 7) is 0. The van der Waals surface area contributed by atoms with Gasteiger partial charge < -0.3 is 0 Å². The molecular formula is C4H3N2O3+. The fourth-order valence-electron chi connectivity index (χ4n) is 0.440. The molecule has 0 atom stereocenters. The molecule has 9 heavy (non-hydrogen) atoms. The first-order valence-electron chi connectivity index (χ1n) is 2.20. The van der Waals surface area contributed by atoms with E-state index in [0.717, 1.165) is 0 Å². The number of nitrogens with zero attached hydrogens (tertiary/aromatic N) is 2. The van der Waals surface area contributed by atoms with E-state index < -0.39 is 17.8 Å². The summed E-state index contributed by atoms with van der Waals surface area (Å²) >= 11 is 0. The van der Waals surface area contributed by atoms with Crippen LogP contribution in [0.4, 0.5) is 4.79 Å². The molecule has 1 fully saturated rings. The van der Waals surface area contributed by atoms with E-state index in [-0.39, 0.29) is 0 Å². The van der Waals surface area contributed by atoms with Gasteiger partial charge in [-0.1, -0.05) is 0 Å². The molecule has 2 radical (unpaired) electrons. The van der Waals surface area contributed by atoms with Crippen molar-refractivity contribution < 1.29 is 14.4 Å². The zero-order valence-electron chi connectivity index (χ0n) is 4.62. The molecule has 0 saturated carbocycles. The highest BCUT2D eigenvalue weighted by Gasteiger charge is 2.48. The fourth-order valence-corrected chi connectivity index (χ4v) is 0.440. The molecular weight excluding hydrogens is 124 g/mol. The first-order chi connectivity index (χ1) is 4.13. The molecule has 0 unspecified atom stereocenters. The Kier molecular flexibility index (Phi) is 1.07. The summed E-state index contributed by atoms with van der Waals surface area (Å²) < 4.78 is 0. The van der Waals surface area contributed by atoms with E-state index in [4.69, 9.17) is 0 Å². The van der Waals surface area contributed by atoms with Crippen LogP contribution in [0.5, 0.6) is 0 Å². The third-order valence-electron chi connectivity index (χ3n) is 0.972. The summed E-state index contributed by atoms with van der Waals surface area (Å²) in [6.07, 6.45) is 0. The molecule has 0 aromatic heterocycles. The summed E-state index contributed by atoms with van der Waals surface area (Å²) in [5.41, 5.74) is 0. The maximum atomic E-state index is 10.4. The van der Waals surface area contributed by atoms with Gasteiger partial charge in [0.15, 0.2) is 0 Å². The number of urea groups is 1. The molecule has 46 valence electrons. The van der Waals surface area contributed by atoms with E-state index in [9.17, 15) is 14.4 Å². The number of carbonyl (C=O) groups is 3. The highest BCUT2D eigenvalue weighted by Crippen LogP contribution is 1.92. The third kappa shape index (κ3) is 0.706. The van der Waals surface area contributed by atoms with Gasteiger partial charge in [-0.3, -0.25) is 4.79 Å². The van der Waals surface area contributed by atoms with Crippen LogP contribution < -0.4 is 10.2 Å². The lowest BCUT2D eigenvalue weighted by Crippen LogP contribution is -2.31. The van der Waals surface area contributed by atoms with E-state index in [1.165, 1.54) is 7.05 Å². The zero-order chi connectivity index (χ0) is 7.02. The second-order valence-electron chi connectivity index (χ2n) is 1.56. The van der Waals surface area contributed by atoms with Crippen LogP contribution in [0.15, 0.2) is 0 Å². The minimum atomic E-state index is -0.984. The second kappa shape index (κ2) is 1.63. The number of hydrogen-bond donors (Lipinski definition) is 0. The minimum absolute atomic E-state index is 0.669. The highest BCUT2D eigenvalue weighted by atomic mass is 16.2. The molecule has 4 amide bonds. The van der Waals surface area contributed by atoms with Crippen LogP contribution >= 0.6 is 0 Å². The van der Waals surface area contributed by atoms with Crippen LogP contribution in [0.2, 0.25) is 0 Å². The van der Waals surface area contributed by atoms with Gasteiger partial charge in [0.25, 0.3) is 0 Å². The van der Waals surface area contributed by atoms with Crippen LogP contribution in [0, 0.1) is 0 Å². The van der Waals surface area contributed by atoms with Gasteiger partial charge in [0.2, 0.25) is 0 Å². The van der Waals surface area contributed by atoms with Gasteiger partial charge in [0.05, 0.1) is 0 Å². The Hall–Kier alpha value is -1.23. The summed E-state index contributed by atoms with van der Waals surface area (Å²) in [4.78, 5) is 31.6. The van der Waals surface area contributed by atoms with Crippen LogP contribution in [0.1, 0.15) is 0 Å². The number of amides is 4. The quantitative estimate of drug-likeness (QED) is 0.227. The van der Waals surface area contributed by atoms with Gasteiger partial charge >= 0.3 is 17.8 Å². The van der Waals surface area contributed by atoms with Gasteiger partial charge in [-0.25, -0.2) is 4.79 Å². The Morgan fingerprint density at radius 2 is 1.89 bits per heavy atom. The first kappa shape index (κ1) is 5.90.